The van der Waals surface area contributed by atoms with Gasteiger partial charge in [-0.25, -0.2) is 4.98 Å². The maximum absolute atomic E-state index is 12.1. The van der Waals surface area contributed by atoms with Gasteiger partial charge >= 0.3 is 0 Å². The lowest BCUT2D eigenvalue weighted by molar-refractivity contribution is 0.249. The molecule has 0 bridgehead atoms. The quantitative estimate of drug-likeness (QED) is 0.519. The molecule has 1 saturated heterocycles. The number of pyridine rings is 2. The highest BCUT2D eigenvalue weighted by atomic mass is 16.1. The van der Waals surface area contributed by atoms with Crippen molar-refractivity contribution in [2.24, 2.45) is 0 Å². The van der Waals surface area contributed by atoms with Crippen LogP contribution in [0.3, 0.4) is 0 Å². The van der Waals surface area contributed by atoms with Gasteiger partial charge in [0, 0.05) is 63.9 Å². The Morgan fingerprint density at radius 1 is 1.13 bits per heavy atom. The lowest BCUT2D eigenvalue weighted by Gasteiger charge is -2.35. The number of piperazine rings is 1. The van der Waals surface area contributed by atoms with E-state index in [9.17, 15) is 4.79 Å². The molecular formula is C23H27N7O. The summed E-state index contributed by atoms with van der Waals surface area (Å²) in [7, 11) is 1.91. The minimum atomic E-state index is -0.0160. The molecule has 0 radical (unpaired) electrons. The summed E-state index contributed by atoms with van der Waals surface area (Å²) < 4.78 is 2.07. The van der Waals surface area contributed by atoms with Gasteiger partial charge in [0.15, 0.2) is 5.65 Å². The van der Waals surface area contributed by atoms with E-state index in [1.807, 2.05) is 44.7 Å². The zero-order valence-corrected chi connectivity index (χ0v) is 17.9. The fourth-order valence-corrected chi connectivity index (χ4v) is 4.28. The van der Waals surface area contributed by atoms with E-state index in [0.29, 0.717) is 6.42 Å². The predicted molar refractivity (Wildman–Crippen MR) is 124 cm³/mol. The Labute approximate surface area is 180 Å². The van der Waals surface area contributed by atoms with Gasteiger partial charge < -0.3 is 19.6 Å². The molecule has 8 heteroatoms. The first kappa shape index (κ1) is 19.6. The Morgan fingerprint density at radius 3 is 2.74 bits per heavy atom. The van der Waals surface area contributed by atoms with Gasteiger partial charge in [-0.15, -0.1) is 0 Å². The predicted octanol–water partition coefficient (Wildman–Crippen LogP) is 2.50. The van der Waals surface area contributed by atoms with E-state index < -0.39 is 0 Å². The van der Waals surface area contributed by atoms with Crippen LogP contribution < -0.4 is 15.8 Å². The monoisotopic (exact) mass is 417 g/mol. The molecule has 5 heterocycles. The molecule has 0 aromatic carbocycles. The Hall–Kier alpha value is -3.39. The number of rotatable bonds is 5. The molecule has 5 rings (SSSR count). The van der Waals surface area contributed by atoms with Gasteiger partial charge in [0.2, 0.25) is 0 Å². The third-order valence-corrected chi connectivity index (χ3v) is 6.10. The van der Waals surface area contributed by atoms with Crippen LogP contribution in [0.5, 0.6) is 0 Å². The standard InChI is InChI=1S/C23H27N7O/c1-3-17-11-20-21(27-23(17)31)10-16(12-25-20)14-28-6-8-29(9-7-28)18-13-26-22-19(24-2)4-5-30(22)15-18/h4-5,10-13,15,24H,3,6-9,14H2,1-2H3,(H,27,31). The molecule has 0 unspecified atom stereocenters. The number of nitrogens with zero attached hydrogens (tertiary/aromatic N) is 5. The molecule has 4 aromatic heterocycles. The molecule has 0 spiro atoms. The normalized spacial score (nSPS) is 15.1. The smallest absolute Gasteiger partial charge is 0.251 e. The lowest BCUT2D eigenvalue weighted by Crippen LogP contribution is -2.46. The number of aromatic nitrogens is 4. The number of hydrogen-bond donors (Lipinski definition) is 2. The maximum atomic E-state index is 12.1. The summed E-state index contributed by atoms with van der Waals surface area (Å²) >= 11 is 0. The summed E-state index contributed by atoms with van der Waals surface area (Å²) in [4.78, 5) is 29.1. The molecule has 2 N–H and O–H groups in total. The minimum Gasteiger partial charge on any atom is -0.385 e. The van der Waals surface area contributed by atoms with Crippen LogP contribution in [0.4, 0.5) is 11.4 Å². The summed E-state index contributed by atoms with van der Waals surface area (Å²) in [5, 5.41) is 3.17. The van der Waals surface area contributed by atoms with Crippen LogP contribution in [-0.4, -0.2) is 57.5 Å². The average molecular weight is 418 g/mol. The van der Waals surface area contributed by atoms with E-state index in [2.05, 4.69) is 46.7 Å². The molecule has 1 fully saturated rings. The number of anilines is 2. The third kappa shape index (κ3) is 3.74. The first-order valence-corrected chi connectivity index (χ1v) is 10.8. The van der Waals surface area contributed by atoms with E-state index >= 15 is 0 Å². The van der Waals surface area contributed by atoms with Gasteiger partial charge in [-0.3, -0.25) is 14.7 Å². The molecule has 0 aliphatic carbocycles. The molecular weight excluding hydrogens is 390 g/mol. The number of H-pyrrole nitrogens is 1. The maximum Gasteiger partial charge on any atom is 0.251 e. The molecule has 8 nitrogen and oxygen atoms in total. The highest BCUT2D eigenvalue weighted by Gasteiger charge is 2.19. The van der Waals surface area contributed by atoms with Crippen LogP contribution in [0.1, 0.15) is 18.1 Å². The molecule has 0 atom stereocenters. The minimum absolute atomic E-state index is 0.0160. The Morgan fingerprint density at radius 2 is 1.97 bits per heavy atom. The van der Waals surface area contributed by atoms with Gasteiger partial charge in [-0.1, -0.05) is 6.92 Å². The van der Waals surface area contributed by atoms with E-state index in [-0.39, 0.29) is 5.56 Å². The van der Waals surface area contributed by atoms with Crippen LogP contribution in [0.2, 0.25) is 0 Å². The molecule has 31 heavy (non-hydrogen) atoms. The van der Waals surface area contributed by atoms with Gasteiger partial charge in [0.05, 0.1) is 28.6 Å². The topological polar surface area (TPSA) is 81.6 Å². The van der Waals surface area contributed by atoms with Crippen LogP contribution in [0.25, 0.3) is 16.7 Å². The van der Waals surface area contributed by atoms with E-state index in [4.69, 9.17) is 0 Å². The Balaban J connectivity index is 1.26. The summed E-state index contributed by atoms with van der Waals surface area (Å²) in [5.41, 5.74) is 6.66. The Bertz CT molecular complexity index is 1280. The highest BCUT2D eigenvalue weighted by Crippen LogP contribution is 2.21. The number of aromatic amines is 1. The van der Waals surface area contributed by atoms with E-state index in [1.54, 1.807) is 0 Å². The van der Waals surface area contributed by atoms with Gasteiger partial charge in [-0.2, -0.15) is 0 Å². The van der Waals surface area contributed by atoms with Gasteiger partial charge in [-0.05, 0) is 30.2 Å². The van der Waals surface area contributed by atoms with Gasteiger partial charge in [0.25, 0.3) is 5.56 Å². The van der Waals surface area contributed by atoms with Crippen molar-refractivity contribution in [2.45, 2.75) is 19.9 Å². The second-order valence-corrected chi connectivity index (χ2v) is 8.04. The number of fused-ring (bicyclic) bond motifs is 2. The SMILES string of the molecule is CCc1cc2ncc(CN3CCN(c4cnc5c(NC)ccn5c4)CC3)cc2[nH]c1=O. The van der Waals surface area contributed by atoms with Crippen molar-refractivity contribution in [3.8, 4) is 0 Å². The zero-order valence-electron chi connectivity index (χ0n) is 17.9. The largest absolute Gasteiger partial charge is 0.385 e. The van der Waals surface area contributed by atoms with E-state index in [0.717, 1.165) is 71.9 Å². The number of hydrogen-bond acceptors (Lipinski definition) is 6. The van der Waals surface area contributed by atoms with Crippen molar-refractivity contribution in [1.29, 1.82) is 0 Å². The lowest BCUT2D eigenvalue weighted by atomic mass is 10.1. The van der Waals surface area contributed by atoms with Crippen LogP contribution in [-0.2, 0) is 13.0 Å². The summed E-state index contributed by atoms with van der Waals surface area (Å²) in [6.45, 7) is 6.64. The Kier molecular flexibility index (Phi) is 5.07. The fourth-order valence-electron chi connectivity index (χ4n) is 4.28. The number of aryl methyl sites for hydroxylation is 1. The first-order valence-electron chi connectivity index (χ1n) is 10.8. The van der Waals surface area contributed by atoms with Crippen LogP contribution in [0.15, 0.2) is 47.8 Å². The summed E-state index contributed by atoms with van der Waals surface area (Å²) in [6.07, 6.45) is 8.78. The van der Waals surface area contributed by atoms with Crippen molar-refractivity contribution in [3.63, 3.8) is 0 Å². The second-order valence-electron chi connectivity index (χ2n) is 8.04. The molecule has 1 aliphatic rings. The zero-order chi connectivity index (χ0) is 21.4. The van der Waals surface area contributed by atoms with Crippen molar-refractivity contribution >= 4 is 28.1 Å². The molecule has 0 amide bonds. The van der Waals surface area contributed by atoms with Crippen molar-refractivity contribution in [1.82, 2.24) is 24.3 Å². The summed E-state index contributed by atoms with van der Waals surface area (Å²) in [5.74, 6) is 0. The number of nitrogens with one attached hydrogen (secondary N) is 2. The molecule has 4 aromatic rings. The van der Waals surface area contributed by atoms with Crippen molar-refractivity contribution < 1.29 is 0 Å². The van der Waals surface area contributed by atoms with Crippen LogP contribution in [0, 0.1) is 0 Å². The van der Waals surface area contributed by atoms with Crippen LogP contribution >= 0.6 is 0 Å². The molecule has 0 saturated carbocycles. The van der Waals surface area contributed by atoms with Crippen molar-refractivity contribution in [3.05, 3.63) is 64.5 Å². The van der Waals surface area contributed by atoms with Crippen molar-refractivity contribution in [2.75, 3.05) is 43.4 Å². The third-order valence-electron chi connectivity index (χ3n) is 6.10. The highest BCUT2D eigenvalue weighted by molar-refractivity contribution is 5.75. The second kappa shape index (κ2) is 8.03. The molecule has 1 aliphatic heterocycles. The van der Waals surface area contributed by atoms with E-state index in [1.165, 1.54) is 0 Å². The van der Waals surface area contributed by atoms with Gasteiger partial charge in [0.1, 0.15) is 0 Å². The first-order chi connectivity index (χ1) is 15.1. The fraction of sp³-hybridized carbons (Fsp3) is 0.348. The summed E-state index contributed by atoms with van der Waals surface area (Å²) in [6, 6.07) is 5.99. The average Bonchev–Trinajstić information content (AvgIpc) is 3.21. The molecule has 160 valence electrons.